The van der Waals surface area contributed by atoms with Crippen molar-refractivity contribution in [2.75, 3.05) is 0 Å². The number of rotatable bonds is 1. The van der Waals surface area contributed by atoms with E-state index in [0.29, 0.717) is 12.0 Å². The predicted molar refractivity (Wildman–Crippen MR) is 67.4 cm³/mol. The first-order valence-electron chi connectivity index (χ1n) is 6.26. The Balaban J connectivity index is 1.97. The second-order valence-corrected chi connectivity index (χ2v) is 5.05. The second kappa shape index (κ2) is 4.15. The average molecular weight is 232 g/mol. The summed E-state index contributed by atoms with van der Waals surface area (Å²) in [5.41, 5.74) is 8.20. The molecule has 0 aliphatic heterocycles. The van der Waals surface area contributed by atoms with Gasteiger partial charge in [-0.05, 0) is 55.4 Å². The maximum absolute atomic E-state index is 13.3. The summed E-state index contributed by atoms with van der Waals surface area (Å²) in [6.07, 6.45) is 6.42. The fourth-order valence-electron chi connectivity index (χ4n) is 2.88. The van der Waals surface area contributed by atoms with Crippen LogP contribution in [0.25, 0.3) is 10.9 Å². The van der Waals surface area contributed by atoms with Crippen LogP contribution < -0.4 is 5.73 Å². The smallest absolute Gasteiger partial charge is 0.123 e. The zero-order valence-electron chi connectivity index (χ0n) is 9.75. The van der Waals surface area contributed by atoms with Gasteiger partial charge in [-0.2, -0.15) is 0 Å². The van der Waals surface area contributed by atoms with Gasteiger partial charge in [0, 0.05) is 23.1 Å². The van der Waals surface area contributed by atoms with Crippen LogP contribution in [0.1, 0.15) is 37.2 Å². The number of halogens is 1. The monoisotopic (exact) mass is 232 g/mol. The number of hydrogen-bond acceptors (Lipinski definition) is 1. The van der Waals surface area contributed by atoms with Crippen molar-refractivity contribution in [1.29, 1.82) is 0 Å². The van der Waals surface area contributed by atoms with E-state index in [-0.39, 0.29) is 5.82 Å². The van der Waals surface area contributed by atoms with Gasteiger partial charge in [-0.1, -0.05) is 0 Å². The fraction of sp³-hybridized carbons (Fsp3) is 0.429. The average Bonchev–Trinajstić information content (AvgIpc) is 2.73. The standard InChI is InChI=1S/C14H17FN2/c15-10-3-6-14-12(7-10)13(8-17-14)9-1-4-11(16)5-2-9/h3,6-9,11,17H,1-2,4-5,16H2/t9-,11-. The molecule has 90 valence electrons. The molecule has 1 fully saturated rings. The van der Waals surface area contributed by atoms with Crippen molar-refractivity contribution in [2.45, 2.75) is 37.6 Å². The van der Waals surface area contributed by atoms with Crippen LogP contribution in [0.4, 0.5) is 4.39 Å². The lowest BCUT2D eigenvalue weighted by molar-refractivity contribution is 0.397. The molecule has 1 heterocycles. The van der Waals surface area contributed by atoms with E-state index in [1.54, 1.807) is 6.07 Å². The lowest BCUT2D eigenvalue weighted by atomic mass is 9.82. The lowest BCUT2D eigenvalue weighted by Gasteiger charge is -2.25. The summed E-state index contributed by atoms with van der Waals surface area (Å²) in [5, 5.41) is 1.03. The Bertz CT molecular complexity index is 524. The van der Waals surface area contributed by atoms with Crippen LogP contribution in [0.2, 0.25) is 0 Å². The lowest BCUT2D eigenvalue weighted by Crippen LogP contribution is -2.25. The van der Waals surface area contributed by atoms with Crippen molar-refractivity contribution >= 4 is 10.9 Å². The zero-order valence-corrected chi connectivity index (χ0v) is 9.75. The van der Waals surface area contributed by atoms with E-state index in [0.717, 1.165) is 36.6 Å². The molecule has 2 aromatic rings. The number of aromatic amines is 1. The highest BCUT2D eigenvalue weighted by Gasteiger charge is 2.22. The molecule has 1 aliphatic carbocycles. The van der Waals surface area contributed by atoms with E-state index in [9.17, 15) is 4.39 Å². The Kier molecular flexibility index (Phi) is 2.63. The maximum atomic E-state index is 13.3. The van der Waals surface area contributed by atoms with Gasteiger partial charge in [-0.25, -0.2) is 4.39 Å². The minimum Gasteiger partial charge on any atom is -0.361 e. The normalized spacial score (nSPS) is 25.3. The van der Waals surface area contributed by atoms with Crippen LogP contribution >= 0.6 is 0 Å². The van der Waals surface area contributed by atoms with E-state index in [1.165, 1.54) is 11.6 Å². The molecule has 0 bridgehead atoms. The van der Waals surface area contributed by atoms with Gasteiger partial charge in [0.1, 0.15) is 5.82 Å². The molecule has 2 nitrogen and oxygen atoms in total. The topological polar surface area (TPSA) is 41.8 Å². The Morgan fingerprint density at radius 1 is 1.18 bits per heavy atom. The molecular weight excluding hydrogens is 215 g/mol. The highest BCUT2D eigenvalue weighted by atomic mass is 19.1. The predicted octanol–water partition coefficient (Wildman–Crippen LogP) is 3.29. The first-order valence-corrected chi connectivity index (χ1v) is 6.26. The second-order valence-electron chi connectivity index (χ2n) is 5.05. The third-order valence-electron chi connectivity index (χ3n) is 3.89. The van der Waals surface area contributed by atoms with Crippen LogP contribution in [-0.4, -0.2) is 11.0 Å². The summed E-state index contributed by atoms with van der Waals surface area (Å²) in [7, 11) is 0. The molecule has 1 aliphatic rings. The summed E-state index contributed by atoms with van der Waals surface area (Å²) in [4.78, 5) is 3.23. The molecule has 0 radical (unpaired) electrons. The van der Waals surface area contributed by atoms with E-state index in [4.69, 9.17) is 5.73 Å². The summed E-state index contributed by atoms with van der Waals surface area (Å²) >= 11 is 0. The third-order valence-corrected chi connectivity index (χ3v) is 3.89. The SMILES string of the molecule is N[C@H]1CC[C@H](c2c[nH]c3ccc(F)cc32)CC1. The number of aromatic nitrogens is 1. The van der Waals surface area contributed by atoms with Crippen molar-refractivity contribution in [1.82, 2.24) is 4.98 Å². The highest BCUT2D eigenvalue weighted by molar-refractivity contribution is 5.83. The molecule has 0 spiro atoms. The van der Waals surface area contributed by atoms with Gasteiger partial charge in [0.25, 0.3) is 0 Å². The van der Waals surface area contributed by atoms with Crippen molar-refractivity contribution < 1.29 is 4.39 Å². The summed E-state index contributed by atoms with van der Waals surface area (Å²) in [6, 6.07) is 5.30. The van der Waals surface area contributed by atoms with Gasteiger partial charge < -0.3 is 10.7 Å². The van der Waals surface area contributed by atoms with Crippen LogP contribution in [0, 0.1) is 5.82 Å². The minimum atomic E-state index is -0.161. The van der Waals surface area contributed by atoms with Crippen LogP contribution in [0.15, 0.2) is 24.4 Å². The van der Waals surface area contributed by atoms with Crippen molar-refractivity contribution in [2.24, 2.45) is 5.73 Å². The van der Waals surface area contributed by atoms with Crippen LogP contribution in [-0.2, 0) is 0 Å². The van der Waals surface area contributed by atoms with Gasteiger partial charge in [0.05, 0.1) is 0 Å². The molecule has 17 heavy (non-hydrogen) atoms. The van der Waals surface area contributed by atoms with Gasteiger partial charge >= 0.3 is 0 Å². The molecule has 3 N–H and O–H groups in total. The van der Waals surface area contributed by atoms with Crippen molar-refractivity contribution in [3.8, 4) is 0 Å². The molecular formula is C14H17FN2. The highest BCUT2D eigenvalue weighted by Crippen LogP contribution is 2.36. The maximum Gasteiger partial charge on any atom is 0.123 e. The molecule has 0 unspecified atom stereocenters. The van der Waals surface area contributed by atoms with E-state index >= 15 is 0 Å². The van der Waals surface area contributed by atoms with Crippen molar-refractivity contribution in [3.63, 3.8) is 0 Å². The van der Waals surface area contributed by atoms with E-state index < -0.39 is 0 Å². The quantitative estimate of drug-likeness (QED) is 0.778. The first-order chi connectivity index (χ1) is 8.24. The number of fused-ring (bicyclic) bond motifs is 1. The molecule has 1 aromatic heterocycles. The fourth-order valence-corrected chi connectivity index (χ4v) is 2.88. The molecule has 0 amide bonds. The third kappa shape index (κ3) is 1.95. The largest absolute Gasteiger partial charge is 0.361 e. The Morgan fingerprint density at radius 3 is 2.71 bits per heavy atom. The molecule has 0 saturated heterocycles. The number of nitrogens with one attached hydrogen (secondary N) is 1. The molecule has 3 heteroatoms. The van der Waals surface area contributed by atoms with Gasteiger partial charge in [-0.3, -0.25) is 0 Å². The number of benzene rings is 1. The zero-order chi connectivity index (χ0) is 11.8. The van der Waals surface area contributed by atoms with Crippen LogP contribution in [0.3, 0.4) is 0 Å². The molecule has 3 rings (SSSR count). The summed E-state index contributed by atoms with van der Waals surface area (Å²) in [5.74, 6) is 0.371. The number of H-pyrrole nitrogens is 1. The van der Waals surface area contributed by atoms with Gasteiger partial charge in [0.15, 0.2) is 0 Å². The molecule has 1 saturated carbocycles. The van der Waals surface area contributed by atoms with Gasteiger partial charge in [0.2, 0.25) is 0 Å². The first kappa shape index (κ1) is 10.8. The molecule has 1 aromatic carbocycles. The summed E-state index contributed by atoms with van der Waals surface area (Å²) in [6.45, 7) is 0. The Labute approximate surface area is 100 Å². The van der Waals surface area contributed by atoms with E-state index in [1.807, 2.05) is 12.3 Å². The number of nitrogens with two attached hydrogens (primary N) is 1. The Hall–Kier alpha value is -1.35. The Morgan fingerprint density at radius 2 is 1.94 bits per heavy atom. The van der Waals surface area contributed by atoms with Crippen LogP contribution in [0.5, 0.6) is 0 Å². The minimum absolute atomic E-state index is 0.161. The number of hydrogen-bond donors (Lipinski definition) is 2. The van der Waals surface area contributed by atoms with Gasteiger partial charge in [-0.15, -0.1) is 0 Å². The molecule has 0 atom stereocenters. The van der Waals surface area contributed by atoms with Crippen molar-refractivity contribution in [3.05, 3.63) is 35.8 Å². The summed E-state index contributed by atoms with van der Waals surface area (Å²) < 4.78 is 13.3. The van der Waals surface area contributed by atoms with E-state index in [2.05, 4.69) is 4.98 Å².